The molecule has 3 rings (SSSR count). The van der Waals surface area contributed by atoms with Crippen molar-refractivity contribution in [2.45, 2.75) is 32.4 Å². The number of rotatable bonds is 7. The molecule has 5 nitrogen and oxygen atoms in total. The van der Waals surface area contributed by atoms with Crippen LogP contribution in [0.4, 0.5) is 0 Å². The van der Waals surface area contributed by atoms with E-state index in [0.717, 1.165) is 23.3 Å². The summed E-state index contributed by atoms with van der Waals surface area (Å²) in [6.45, 7) is 2.26. The quantitative estimate of drug-likeness (QED) is 0.607. The topological polar surface area (TPSA) is 62.7 Å². The number of H-pyrrole nitrogens is 1. The van der Waals surface area contributed by atoms with E-state index in [1.165, 1.54) is 0 Å². The van der Waals surface area contributed by atoms with E-state index in [1.54, 1.807) is 15.9 Å². The lowest BCUT2D eigenvalue weighted by Crippen LogP contribution is -2.31. The van der Waals surface area contributed by atoms with Gasteiger partial charge in [-0.2, -0.15) is 5.10 Å². The molecule has 0 saturated carbocycles. The molecular weight excluding hydrogens is 352 g/mol. The average Bonchev–Trinajstić information content (AvgIpc) is 3.26. The summed E-state index contributed by atoms with van der Waals surface area (Å²) in [5, 5.41) is 12.1. The molecule has 1 aromatic carbocycles. The number of carbonyl (C=O) groups excluding carboxylic acids is 1. The Morgan fingerprint density at radius 3 is 2.80 bits per heavy atom. The van der Waals surface area contributed by atoms with E-state index in [4.69, 9.17) is 12.2 Å². The fourth-order valence-corrected chi connectivity index (χ4v) is 3.66. The molecule has 0 bridgehead atoms. The standard InChI is InChI=1S/C18H20N4OS2/c1-2-7-14(13-8-4-3-5-9-13)19-16(23)12-22-17(20-21-18(22)24)15-10-6-11-25-15/h3-6,8-11,14H,2,7,12H2,1H3,(H,19,23)(H,21,24). The molecule has 1 atom stereocenters. The van der Waals surface area contributed by atoms with Gasteiger partial charge in [-0.25, -0.2) is 0 Å². The summed E-state index contributed by atoms with van der Waals surface area (Å²) in [7, 11) is 0. The first-order valence-electron chi connectivity index (χ1n) is 8.22. The number of hydrogen-bond acceptors (Lipinski definition) is 4. The van der Waals surface area contributed by atoms with Gasteiger partial charge in [-0.1, -0.05) is 49.7 Å². The molecule has 3 aromatic rings. The van der Waals surface area contributed by atoms with Crippen molar-refractivity contribution in [1.29, 1.82) is 0 Å². The summed E-state index contributed by atoms with van der Waals surface area (Å²) < 4.78 is 2.19. The Morgan fingerprint density at radius 1 is 1.32 bits per heavy atom. The summed E-state index contributed by atoms with van der Waals surface area (Å²) in [4.78, 5) is 13.6. The number of benzene rings is 1. The number of thiophene rings is 1. The fourth-order valence-electron chi connectivity index (χ4n) is 2.74. The van der Waals surface area contributed by atoms with Crippen LogP contribution in [0, 0.1) is 4.77 Å². The Bertz CT molecular complexity index is 868. The molecule has 2 N–H and O–H groups in total. The van der Waals surface area contributed by atoms with Gasteiger partial charge in [-0.05, 0) is 35.6 Å². The Morgan fingerprint density at radius 2 is 2.12 bits per heavy atom. The fraction of sp³-hybridized carbons (Fsp3) is 0.278. The molecule has 25 heavy (non-hydrogen) atoms. The van der Waals surface area contributed by atoms with Gasteiger partial charge in [0.05, 0.1) is 10.9 Å². The van der Waals surface area contributed by atoms with Crippen LogP contribution < -0.4 is 5.32 Å². The van der Waals surface area contributed by atoms with Gasteiger partial charge in [0.2, 0.25) is 5.91 Å². The molecule has 1 amide bonds. The van der Waals surface area contributed by atoms with Crippen LogP contribution in [0.2, 0.25) is 0 Å². The van der Waals surface area contributed by atoms with E-state index in [0.29, 0.717) is 10.6 Å². The van der Waals surface area contributed by atoms with Gasteiger partial charge >= 0.3 is 0 Å². The van der Waals surface area contributed by atoms with Crippen molar-refractivity contribution in [2.24, 2.45) is 0 Å². The van der Waals surface area contributed by atoms with Crippen molar-refractivity contribution >= 4 is 29.5 Å². The number of nitrogens with zero attached hydrogens (tertiary/aromatic N) is 2. The average molecular weight is 373 g/mol. The lowest BCUT2D eigenvalue weighted by molar-refractivity contribution is -0.122. The molecule has 0 radical (unpaired) electrons. The minimum atomic E-state index is -0.0717. The summed E-state index contributed by atoms with van der Waals surface area (Å²) in [5.41, 5.74) is 1.12. The minimum absolute atomic E-state index is 0.00459. The van der Waals surface area contributed by atoms with Crippen molar-refractivity contribution in [3.05, 3.63) is 58.2 Å². The largest absolute Gasteiger partial charge is 0.348 e. The van der Waals surface area contributed by atoms with E-state index in [2.05, 4.69) is 22.4 Å². The summed E-state index contributed by atoms with van der Waals surface area (Å²) in [6.07, 6.45) is 1.88. The predicted octanol–water partition coefficient (Wildman–Crippen LogP) is 4.33. The first kappa shape index (κ1) is 17.6. The third-order valence-corrected chi connectivity index (χ3v) is 5.09. The van der Waals surface area contributed by atoms with Crippen LogP contribution in [0.3, 0.4) is 0 Å². The van der Waals surface area contributed by atoms with Crippen LogP contribution >= 0.6 is 23.6 Å². The Balaban J connectivity index is 1.76. The van der Waals surface area contributed by atoms with Gasteiger partial charge in [-0.3, -0.25) is 14.5 Å². The zero-order chi connectivity index (χ0) is 17.6. The second-order valence-corrected chi connectivity index (χ2v) is 7.07. The van der Waals surface area contributed by atoms with E-state index in [-0.39, 0.29) is 18.5 Å². The molecule has 2 aromatic heterocycles. The first-order valence-corrected chi connectivity index (χ1v) is 9.51. The van der Waals surface area contributed by atoms with Gasteiger partial charge in [-0.15, -0.1) is 11.3 Å². The van der Waals surface area contributed by atoms with Crippen molar-refractivity contribution in [1.82, 2.24) is 20.1 Å². The van der Waals surface area contributed by atoms with Crippen molar-refractivity contribution in [3.63, 3.8) is 0 Å². The lowest BCUT2D eigenvalue weighted by Gasteiger charge is -2.19. The van der Waals surface area contributed by atoms with Gasteiger partial charge in [0.15, 0.2) is 10.6 Å². The van der Waals surface area contributed by atoms with E-state index in [1.807, 2.05) is 47.8 Å². The Kier molecular flexibility index (Phi) is 5.78. The molecule has 7 heteroatoms. The van der Waals surface area contributed by atoms with E-state index in [9.17, 15) is 4.79 Å². The van der Waals surface area contributed by atoms with Crippen molar-refractivity contribution in [3.8, 4) is 10.7 Å². The van der Waals surface area contributed by atoms with E-state index >= 15 is 0 Å². The molecule has 1 unspecified atom stereocenters. The second kappa shape index (κ2) is 8.22. The highest BCUT2D eigenvalue weighted by atomic mass is 32.1. The van der Waals surface area contributed by atoms with Gasteiger partial charge < -0.3 is 5.32 Å². The van der Waals surface area contributed by atoms with Gasteiger partial charge in [0.25, 0.3) is 0 Å². The van der Waals surface area contributed by atoms with Crippen LogP contribution in [0.1, 0.15) is 31.4 Å². The number of nitrogens with one attached hydrogen (secondary N) is 2. The first-order chi connectivity index (χ1) is 12.2. The number of amides is 1. The number of hydrogen-bond donors (Lipinski definition) is 2. The van der Waals surface area contributed by atoms with E-state index < -0.39 is 0 Å². The summed E-state index contributed by atoms with van der Waals surface area (Å²) in [5.74, 6) is 0.625. The zero-order valence-electron chi connectivity index (χ0n) is 13.9. The number of aromatic nitrogens is 3. The molecular formula is C18H20N4OS2. The SMILES string of the molecule is CCCC(NC(=O)Cn1c(-c2cccs2)n[nH]c1=S)c1ccccc1. The van der Waals surface area contributed by atoms with Crippen LogP contribution in [-0.2, 0) is 11.3 Å². The lowest BCUT2D eigenvalue weighted by atomic mass is 10.0. The highest BCUT2D eigenvalue weighted by Gasteiger charge is 2.17. The maximum atomic E-state index is 12.6. The summed E-state index contributed by atoms with van der Waals surface area (Å²) in [6, 6.07) is 14.0. The highest BCUT2D eigenvalue weighted by molar-refractivity contribution is 7.71. The Hall–Kier alpha value is -2.25. The molecule has 130 valence electrons. The van der Waals surface area contributed by atoms with Crippen molar-refractivity contribution < 1.29 is 4.79 Å². The predicted molar refractivity (Wildman–Crippen MR) is 103 cm³/mol. The number of carbonyl (C=O) groups is 1. The normalized spacial score (nSPS) is 12.0. The molecule has 0 aliphatic heterocycles. The Labute approximate surface area is 155 Å². The third kappa shape index (κ3) is 4.24. The summed E-state index contributed by atoms with van der Waals surface area (Å²) >= 11 is 6.86. The van der Waals surface area contributed by atoms with Crippen LogP contribution in [0.5, 0.6) is 0 Å². The van der Waals surface area contributed by atoms with Crippen LogP contribution in [0.25, 0.3) is 10.7 Å². The molecule has 0 aliphatic carbocycles. The smallest absolute Gasteiger partial charge is 0.240 e. The van der Waals surface area contributed by atoms with Crippen LogP contribution in [0.15, 0.2) is 47.8 Å². The van der Waals surface area contributed by atoms with Crippen molar-refractivity contribution in [2.75, 3.05) is 0 Å². The van der Waals surface area contributed by atoms with Gasteiger partial charge in [0, 0.05) is 0 Å². The molecule has 0 saturated heterocycles. The molecule has 0 aliphatic rings. The van der Waals surface area contributed by atoms with Crippen LogP contribution in [-0.4, -0.2) is 20.7 Å². The molecule has 0 fully saturated rings. The zero-order valence-corrected chi connectivity index (χ0v) is 15.6. The van der Waals surface area contributed by atoms with Gasteiger partial charge in [0.1, 0.15) is 6.54 Å². The minimum Gasteiger partial charge on any atom is -0.348 e. The monoisotopic (exact) mass is 372 g/mol. The number of aromatic amines is 1. The highest BCUT2D eigenvalue weighted by Crippen LogP contribution is 2.23. The molecule has 2 heterocycles. The second-order valence-electron chi connectivity index (χ2n) is 5.74. The maximum absolute atomic E-state index is 12.6. The third-order valence-electron chi connectivity index (χ3n) is 3.92. The maximum Gasteiger partial charge on any atom is 0.240 e. The molecule has 0 spiro atoms.